The lowest BCUT2D eigenvalue weighted by Crippen LogP contribution is -2.46. The summed E-state index contributed by atoms with van der Waals surface area (Å²) in [5, 5.41) is 9.27. The average Bonchev–Trinajstić information content (AvgIpc) is 2.81. The molecule has 2 rings (SSSR count). The molecule has 1 aliphatic rings. The quantitative estimate of drug-likeness (QED) is 0.546. The van der Waals surface area contributed by atoms with Crippen LogP contribution >= 0.6 is 24.0 Å². The minimum atomic E-state index is -1.41. The van der Waals surface area contributed by atoms with Crippen molar-refractivity contribution in [3.8, 4) is 5.75 Å². The number of ether oxygens (including phenoxy) is 1. The van der Waals surface area contributed by atoms with Gasteiger partial charge in [0.1, 0.15) is 16.1 Å². The Balaban J connectivity index is 2.24. The molecule has 25 heavy (non-hydrogen) atoms. The van der Waals surface area contributed by atoms with Crippen LogP contribution in [-0.2, 0) is 14.4 Å². The predicted octanol–water partition coefficient (Wildman–Crippen LogP) is 1.62. The first kappa shape index (κ1) is 18.9. The fraction of sp³-hybridized carbons (Fsp3) is 0.250. The zero-order chi connectivity index (χ0) is 18.6. The Bertz CT molecular complexity index is 745. The van der Waals surface area contributed by atoms with E-state index < -0.39 is 30.2 Å². The highest BCUT2D eigenvalue weighted by molar-refractivity contribution is 8.26. The van der Waals surface area contributed by atoms with Crippen molar-refractivity contribution in [1.29, 1.82) is 0 Å². The van der Waals surface area contributed by atoms with Gasteiger partial charge in [0.05, 0.1) is 17.9 Å². The van der Waals surface area contributed by atoms with E-state index in [1.165, 1.54) is 0 Å². The predicted molar refractivity (Wildman–Crippen MR) is 97.9 cm³/mol. The molecule has 9 heteroatoms. The van der Waals surface area contributed by atoms with Crippen LogP contribution < -0.4 is 10.5 Å². The fourth-order valence-corrected chi connectivity index (χ4v) is 3.56. The Labute approximate surface area is 153 Å². The molecule has 1 atom stereocenters. The van der Waals surface area contributed by atoms with E-state index in [4.69, 9.17) is 22.7 Å². The summed E-state index contributed by atoms with van der Waals surface area (Å²) in [6.07, 6.45) is 1.11. The summed E-state index contributed by atoms with van der Waals surface area (Å²) in [4.78, 5) is 36.2. The van der Waals surface area contributed by atoms with Gasteiger partial charge in [-0.3, -0.25) is 14.5 Å². The molecule has 3 N–H and O–H groups in total. The van der Waals surface area contributed by atoms with Crippen LogP contribution in [0.15, 0.2) is 29.2 Å². The summed E-state index contributed by atoms with van der Waals surface area (Å²) >= 11 is 6.09. The van der Waals surface area contributed by atoms with Gasteiger partial charge >= 0.3 is 5.97 Å². The Morgan fingerprint density at radius 2 is 2.04 bits per heavy atom. The van der Waals surface area contributed by atoms with Crippen LogP contribution in [-0.4, -0.2) is 44.8 Å². The average molecular weight is 380 g/mol. The SMILES string of the molecule is CCOc1ccc(/C=C2\SC(=S)N(C(CC(N)=O)C(=O)O)C2=O)cc1. The number of carbonyl (C=O) groups excluding carboxylic acids is 2. The Hall–Kier alpha value is -2.39. The van der Waals surface area contributed by atoms with E-state index in [2.05, 4.69) is 0 Å². The van der Waals surface area contributed by atoms with Gasteiger partial charge in [-0.1, -0.05) is 36.1 Å². The van der Waals surface area contributed by atoms with E-state index in [0.717, 1.165) is 22.2 Å². The minimum absolute atomic E-state index is 0.0795. The topological polar surface area (TPSA) is 110 Å². The van der Waals surface area contributed by atoms with Gasteiger partial charge in [-0.2, -0.15) is 0 Å². The van der Waals surface area contributed by atoms with Gasteiger partial charge in [0.25, 0.3) is 5.91 Å². The van der Waals surface area contributed by atoms with Gasteiger partial charge in [-0.15, -0.1) is 0 Å². The number of rotatable bonds is 7. The number of amides is 2. The second kappa shape index (κ2) is 8.13. The molecule has 0 aliphatic carbocycles. The molecule has 0 saturated carbocycles. The van der Waals surface area contributed by atoms with E-state index in [-0.39, 0.29) is 9.23 Å². The third-order valence-corrected chi connectivity index (χ3v) is 4.63. The van der Waals surface area contributed by atoms with E-state index >= 15 is 0 Å². The molecular formula is C16H16N2O5S2. The summed E-state index contributed by atoms with van der Waals surface area (Å²) in [5.74, 6) is -2.01. The maximum absolute atomic E-state index is 12.5. The monoisotopic (exact) mass is 380 g/mol. The molecule has 2 amide bonds. The van der Waals surface area contributed by atoms with Crippen molar-refractivity contribution in [2.45, 2.75) is 19.4 Å². The van der Waals surface area contributed by atoms with E-state index in [9.17, 15) is 19.5 Å². The van der Waals surface area contributed by atoms with Crippen molar-refractivity contribution in [3.05, 3.63) is 34.7 Å². The lowest BCUT2D eigenvalue weighted by molar-refractivity contribution is -0.146. The molecule has 1 aliphatic heterocycles. The molecule has 0 bridgehead atoms. The normalized spacial score (nSPS) is 17.0. The number of hydrogen-bond acceptors (Lipinski definition) is 6. The first-order valence-electron chi connectivity index (χ1n) is 7.34. The summed E-state index contributed by atoms with van der Waals surface area (Å²) in [6.45, 7) is 2.43. The lowest BCUT2D eigenvalue weighted by Gasteiger charge is -2.21. The van der Waals surface area contributed by atoms with Gasteiger partial charge in [0, 0.05) is 0 Å². The van der Waals surface area contributed by atoms with Crippen LogP contribution in [0.5, 0.6) is 5.75 Å². The molecule has 1 aromatic carbocycles. The van der Waals surface area contributed by atoms with Crippen molar-refractivity contribution < 1.29 is 24.2 Å². The van der Waals surface area contributed by atoms with Crippen molar-refractivity contribution in [2.75, 3.05) is 6.61 Å². The van der Waals surface area contributed by atoms with Crippen molar-refractivity contribution in [1.82, 2.24) is 4.90 Å². The number of benzene rings is 1. The highest BCUT2D eigenvalue weighted by atomic mass is 32.2. The molecule has 0 aromatic heterocycles. The molecule has 7 nitrogen and oxygen atoms in total. The smallest absolute Gasteiger partial charge is 0.327 e. The number of nitrogens with two attached hydrogens (primary N) is 1. The molecule has 1 unspecified atom stereocenters. The van der Waals surface area contributed by atoms with Crippen molar-refractivity contribution >= 4 is 52.2 Å². The molecule has 1 fully saturated rings. The first-order chi connectivity index (χ1) is 11.8. The molecule has 1 saturated heterocycles. The number of thiocarbonyl (C=S) groups is 1. The number of hydrogen-bond donors (Lipinski definition) is 2. The lowest BCUT2D eigenvalue weighted by atomic mass is 10.1. The van der Waals surface area contributed by atoms with Crippen LogP contribution in [0.25, 0.3) is 6.08 Å². The number of carboxylic acids is 1. The van der Waals surface area contributed by atoms with Gasteiger partial charge in [-0.05, 0) is 30.7 Å². The van der Waals surface area contributed by atoms with Crippen LogP contribution in [0.3, 0.4) is 0 Å². The third kappa shape index (κ3) is 4.58. The zero-order valence-electron chi connectivity index (χ0n) is 13.3. The maximum atomic E-state index is 12.5. The second-order valence-corrected chi connectivity index (χ2v) is 6.75. The van der Waals surface area contributed by atoms with Crippen LogP contribution in [0, 0.1) is 0 Å². The molecule has 0 radical (unpaired) electrons. The maximum Gasteiger partial charge on any atom is 0.327 e. The number of nitrogens with zero attached hydrogens (tertiary/aromatic N) is 1. The van der Waals surface area contributed by atoms with Crippen molar-refractivity contribution in [2.24, 2.45) is 5.73 Å². The van der Waals surface area contributed by atoms with Gasteiger partial charge in [0.2, 0.25) is 5.91 Å². The van der Waals surface area contributed by atoms with Gasteiger partial charge < -0.3 is 15.6 Å². The summed E-state index contributed by atoms with van der Waals surface area (Å²) in [5.41, 5.74) is 5.81. The van der Waals surface area contributed by atoms with E-state index in [1.807, 2.05) is 6.92 Å². The fourth-order valence-electron chi connectivity index (χ4n) is 2.21. The van der Waals surface area contributed by atoms with Crippen LogP contribution in [0.1, 0.15) is 18.9 Å². The molecule has 1 heterocycles. The van der Waals surface area contributed by atoms with Gasteiger partial charge in [0.15, 0.2) is 0 Å². The Kier molecular flexibility index (Phi) is 6.16. The van der Waals surface area contributed by atoms with Crippen molar-refractivity contribution in [3.63, 3.8) is 0 Å². The summed E-state index contributed by atoms with van der Waals surface area (Å²) in [6, 6.07) is 5.67. The first-order valence-corrected chi connectivity index (χ1v) is 8.57. The van der Waals surface area contributed by atoms with E-state index in [1.54, 1.807) is 30.3 Å². The number of primary amides is 1. The highest BCUT2D eigenvalue weighted by Crippen LogP contribution is 2.34. The standard InChI is InChI=1S/C16H16N2O5S2/c1-2-23-10-5-3-9(4-6-10)7-12-14(20)18(16(24)25-12)11(15(21)22)8-13(17)19/h3-7,11H,2,8H2,1H3,(H2,17,19)(H,21,22)/b12-7-. The molecule has 1 aromatic rings. The summed E-state index contributed by atoms with van der Waals surface area (Å²) in [7, 11) is 0. The number of aliphatic carboxylic acids is 1. The Morgan fingerprint density at radius 3 is 2.56 bits per heavy atom. The second-order valence-electron chi connectivity index (χ2n) is 5.08. The molecule has 132 valence electrons. The molecular weight excluding hydrogens is 364 g/mol. The highest BCUT2D eigenvalue weighted by Gasteiger charge is 2.41. The third-order valence-electron chi connectivity index (χ3n) is 3.30. The van der Waals surface area contributed by atoms with Gasteiger partial charge in [-0.25, -0.2) is 4.79 Å². The minimum Gasteiger partial charge on any atom is -0.494 e. The van der Waals surface area contributed by atoms with E-state index in [0.29, 0.717) is 12.4 Å². The number of thioether (sulfide) groups is 1. The Morgan fingerprint density at radius 1 is 1.40 bits per heavy atom. The summed E-state index contributed by atoms with van der Waals surface area (Å²) < 4.78 is 5.43. The number of carbonyl (C=O) groups is 3. The van der Waals surface area contributed by atoms with Crippen LogP contribution in [0.4, 0.5) is 0 Å². The number of carboxylic acid groups (broad SMARTS) is 1. The molecule has 0 spiro atoms. The zero-order valence-corrected chi connectivity index (χ0v) is 14.9. The van der Waals surface area contributed by atoms with Crippen LogP contribution in [0.2, 0.25) is 0 Å². The largest absolute Gasteiger partial charge is 0.494 e.